The molecule has 0 aliphatic carbocycles. The zero-order valence-corrected chi connectivity index (χ0v) is 27.4. The Morgan fingerprint density at radius 3 is 1.58 bits per heavy atom. The van der Waals surface area contributed by atoms with Crippen molar-refractivity contribution in [2.24, 2.45) is 11.8 Å². The topological polar surface area (TPSA) is 38.7 Å². The van der Waals surface area contributed by atoms with Crippen molar-refractivity contribution in [1.29, 1.82) is 0 Å². The summed E-state index contributed by atoms with van der Waals surface area (Å²) < 4.78 is 14.7. The normalized spacial score (nSPS) is 19.7. The van der Waals surface area contributed by atoms with E-state index in [9.17, 15) is 5.11 Å². The molecule has 0 saturated heterocycles. The molecule has 184 valence electrons. The first kappa shape index (κ1) is 31.8. The molecule has 0 aromatic rings. The average molecular weight is 601 g/mol. The monoisotopic (exact) mass is 598 g/mol. The van der Waals surface area contributed by atoms with Crippen molar-refractivity contribution in [2.75, 3.05) is 0 Å². The maximum Gasteiger partial charge on any atom is 0.192 e. The predicted octanol–water partition coefficient (Wildman–Crippen LogP) is 8.61. The van der Waals surface area contributed by atoms with Crippen LogP contribution in [-0.4, -0.2) is 39.6 Å². The van der Waals surface area contributed by atoms with Crippen LogP contribution < -0.4 is 0 Å². The molecule has 0 heterocycles. The van der Waals surface area contributed by atoms with Gasteiger partial charge >= 0.3 is 0 Å². The van der Waals surface area contributed by atoms with E-state index in [2.05, 4.69) is 126 Å². The maximum atomic E-state index is 11.1. The van der Waals surface area contributed by atoms with Gasteiger partial charge < -0.3 is 14.0 Å². The molecular formula is C24H48Br2O3Si2. The lowest BCUT2D eigenvalue weighted by Gasteiger charge is -2.48. The molecule has 0 aliphatic heterocycles. The third kappa shape index (κ3) is 8.80. The van der Waals surface area contributed by atoms with Crippen molar-refractivity contribution in [3.05, 3.63) is 22.1 Å². The number of rotatable bonds is 10. The molecule has 31 heavy (non-hydrogen) atoms. The third-order valence-electron chi connectivity index (χ3n) is 7.63. The molecular weight excluding hydrogens is 552 g/mol. The van der Waals surface area contributed by atoms with Gasteiger partial charge in [-0.1, -0.05) is 61.5 Å². The Balaban J connectivity index is 6.42. The van der Waals surface area contributed by atoms with Gasteiger partial charge in [0.05, 0.1) is 21.2 Å². The summed E-state index contributed by atoms with van der Waals surface area (Å²) in [4.78, 5) is 0. The molecule has 0 aromatic heterocycles. The van der Waals surface area contributed by atoms with E-state index in [1.807, 2.05) is 6.92 Å². The second-order valence-electron chi connectivity index (χ2n) is 12.2. The van der Waals surface area contributed by atoms with Gasteiger partial charge in [0.25, 0.3) is 0 Å². The maximum absolute atomic E-state index is 11.1. The van der Waals surface area contributed by atoms with Gasteiger partial charge in [0.15, 0.2) is 16.6 Å². The Morgan fingerprint density at radius 1 is 0.871 bits per heavy atom. The van der Waals surface area contributed by atoms with Crippen molar-refractivity contribution in [3.63, 3.8) is 0 Å². The molecule has 1 unspecified atom stereocenters. The highest BCUT2D eigenvalue weighted by Gasteiger charge is 2.47. The summed E-state index contributed by atoms with van der Waals surface area (Å²) in [6.45, 7) is 32.5. The Kier molecular flexibility index (Phi) is 11.3. The van der Waals surface area contributed by atoms with Gasteiger partial charge in [-0.15, -0.1) is 6.58 Å². The average Bonchev–Trinajstić information content (AvgIpc) is 2.55. The molecule has 0 spiro atoms. The molecule has 0 aliphatic rings. The second-order valence-corrected chi connectivity index (χ2v) is 24.5. The fourth-order valence-corrected chi connectivity index (χ4v) is 6.11. The number of halogens is 2. The lowest BCUT2D eigenvalue weighted by Crippen LogP contribution is -2.54. The van der Waals surface area contributed by atoms with Gasteiger partial charge in [0.1, 0.15) is 0 Å². The van der Waals surface area contributed by atoms with E-state index in [1.165, 1.54) is 0 Å². The first-order valence-electron chi connectivity index (χ1n) is 11.2. The summed E-state index contributed by atoms with van der Waals surface area (Å²) in [7, 11) is -4.14. The van der Waals surface area contributed by atoms with Gasteiger partial charge in [-0.2, -0.15) is 0 Å². The smallest absolute Gasteiger partial charge is 0.192 e. The number of hydrogen-bond acceptors (Lipinski definition) is 3. The highest BCUT2D eigenvalue weighted by atomic mass is 79.9. The summed E-state index contributed by atoms with van der Waals surface area (Å²) >= 11 is 7.10. The van der Waals surface area contributed by atoms with Crippen LogP contribution in [-0.2, 0) is 8.85 Å². The zero-order valence-electron chi connectivity index (χ0n) is 22.2. The van der Waals surface area contributed by atoms with Gasteiger partial charge in [-0.3, -0.25) is 0 Å². The Hall–Kier alpha value is 0.754. The van der Waals surface area contributed by atoms with Crippen LogP contribution in [0, 0.1) is 11.8 Å². The molecule has 0 bridgehead atoms. The largest absolute Gasteiger partial charge is 0.413 e. The van der Waals surface area contributed by atoms with E-state index in [0.717, 1.165) is 3.39 Å². The van der Waals surface area contributed by atoms with Crippen molar-refractivity contribution in [2.45, 2.75) is 116 Å². The number of aliphatic hydroxyl groups is 1. The Bertz CT molecular complexity index is 628. The van der Waals surface area contributed by atoms with Gasteiger partial charge in [-0.05, 0) is 81.1 Å². The first-order chi connectivity index (χ1) is 13.5. The summed E-state index contributed by atoms with van der Waals surface area (Å²) in [5, 5.41) is 11.2. The molecule has 7 heteroatoms. The SMILES string of the molecule is C=CC(C)(O)[C@H](C)[C@@H](O[Si](C)(C)C(C)(C)C)[C@@H](C)[C@@H](C=C(Br)Br)O[Si](C)(C)C(C)(C)C. The molecule has 1 N–H and O–H groups in total. The van der Waals surface area contributed by atoms with Crippen LogP contribution in [0.5, 0.6) is 0 Å². The van der Waals surface area contributed by atoms with Gasteiger partial charge in [0.2, 0.25) is 0 Å². The van der Waals surface area contributed by atoms with Crippen LogP contribution in [0.3, 0.4) is 0 Å². The van der Waals surface area contributed by atoms with Crippen molar-refractivity contribution in [3.8, 4) is 0 Å². The van der Waals surface area contributed by atoms with Crippen LogP contribution >= 0.6 is 31.9 Å². The molecule has 0 saturated carbocycles. The molecule has 0 rings (SSSR count). The lowest BCUT2D eigenvalue weighted by molar-refractivity contribution is -0.0495. The van der Waals surface area contributed by atoms with Crippen LogP contribution in [0.1, 0.15) is 62.3 Å². The van der Waals surface area contributed by atoms with Crippen molar-refractivity contribution < 1.29 is 14.0 Å². The minimum atomic E-state index is -2.10. The fraction of sp³-hybridized carbons (Fsp3) is 0.833. The molecule has 0 radical (unpaired) electrons. The predicted molar refractivity (Wildman–Crippen MR) is 149 cm³/mol. The zero-order chi connectivity index (χ0) is 25.2. The molecule has 5 atom stereocenters. The summed E-state index contributed by atoms with van der Waals surface area (Å²) in [5.41, 5.74) is -1.04. The van der Waals surface area contributed by atoms with Crippen LogP contribution in [0.25, 0.3) is 0 Å². The molecule has 0 fully saturated rings. The van der Waals surface area contributed by atoms with Crippen LogP contribution in [0.4, 0.5) is 0 Å². The van der Waals surface area contributed by atoms with E-state index in [1.54, 1.807) is 6.08 Å². The quantitative estimate of drug-likeness (QED) is 0.202. The minimum absolute atomic E-state index is 0.0229. The first-order valence-corrected chi connectivity index (χ1v) is 18.6. The highest BCUT2D eigenvalue weighted by Crippen LogP contribution is 2.43. The van der Waals surface area contributed by atoms with E-state index >= 15 is 0 Å². The van der Waals surface area contributed by atoms with Crippen LogP contribution in [0.15, 0.2) is 22.1 Å². The number of hydrogen-bond donors (Lipinski definition) is 1. The van der Waals surface area contributed by atoms with Gasteiger partial charge in [-0.25, -0.2) is 0 Å². The summed E-state index contributed by atoms with van der Waals surface area (Å²) in [6, 6.07) is 0. The van der Waals surface area contributed by atoms with E-state index in [4.69, 9.17) is 8.85 Å². The summed E-state index contributed by atoms with van der Waals surface area (Å²) in [6.07, 6.45) is 3.36. The summed E-state index contributed by atoms with van der Waals surface area (Å²) in [5.74, 6) is -0.128. The molecule has 3 nitrogen and oxygen atoms in total. The van der Waals surface area contributed by atoms with Crippen molar-refractivity contribution in [1.82, 2.24) is 0 Å². The highest BCUT2D eigenvalue weighted by molar-refractivity contribution is 9.28. The van der Waals surface area contributed by atoms with E-state index < -0.39 is 22.2 Å². The molecule has 0 aromatic carbocycles. The van der Waals surface area contributed by atoms with Gasteiger partial charge in [0, 0.05) is 11.8 Å². The van der Waals surface area contributed by atoms with Crippen LogP contribution in [0.2, 0.25) is 36.3 Å². The third-order valence-corrected chi connectivity index (χ3v) is 17.1. The Morgan fingerprint density at radius 2 is 1.26 bits per heavy atom. The lowest BCUT2D eigenvalue weighted by atomic mass is 9.79. The minimum Gasteiger partial charge on any atom is -0.413 e. The van der Waals surface area contributed by atoms with Crippen molar-refractivity contribution >= 4 is 48.5 Å². The standard InChI is InChI=1S/C24H48Br2O3Si2/c1-15-24(10,27)18(3)21(29-31(13,14)23(7,8)9)17(2)19(16-20(25)26)28-30(11,12)22(4,5)6/h15-19,21,27H,1H2,2-14H3/t17-,18+,19+,21-,24?/m0/s1. The second kappa shape index (κ2) is 11.0. The van der Waals surface area contributed by atoms with E-state index in [-0.39, 0.29) is 34.1 Å². The van der Waals surface area contributed by atoms with E-state index in [0.29, 0.717) is 0 Å². The Labute approximate surface area is 212 Å². The fourth-order valence-electron chi connectivity index (χ4n) is 2.82. The molecule has 0 amide bonds.